The molecule has 112 valence electrons. The highest BCUT2D eigenvalue weighted by Crippen LogP contribution is 2.27. The van der Waals surface area contributed by atoms with Gasteiger partial charge in [0.25, 0.3) is 0 Å². The molecule has 0 unspecified atom stereocenters. The van der Waals surface area contributed by atoms with E-state index in [4.69, 9.17) is 4.74 Å². The van der Waals surface area contributed by atoms with Crippen LogP contribution < -0.4 is 5.43 Å². The third-order valence-electron chi connectivity index (χ3n) is 3.61. The summed E-state index contributed by atoms with van der Waals surface area (Å²) in [6.45, 7) is 2.08. The second-order valence-corrected chi connectivity index (χ2v) is 4.95. The quantitative estimate of drug-likeness (QED) is 0.943. The van der Waals surface area contributed by atoms with Crippen molar-refractivity contribution < 1.29 is 13.9 Å². The molecule has 1 aliphatic heterocycles. The highest BCUT2D eigenvalue weighted by Gasteiger charge is 2.16. The minimum atomic E-state index is -0.599. The Bertz CT molecular complexity index is 756. The number of benzene rings is 2. The van der Waals surface area contributed by atoms with Crippen molar-refractivity contribution in [3.05, 3.63) is 59.4 Å². The monoisotopic (exact) mass is 298 g/mol. The molecule has 0 saturated carbocycles. The van der Waals surface area contributed by atoms with E-state index in [0.29, 0.717) is 16.8 Å². The molecule has 0 fully saturated rings. The third-order valence-corrected chi connectivity index (χ3v) is 3.61. The molecule has 4 nitrogen and oxygen atoms in total. The Morgan fingerprint density at radius 3 is 2.73 bits per heavy atom. The first kappa shape index (κ1) is 14.3. The second kappa shape index (κ2) is 5.97. The number of carbonyl (C=O) groups is 1. The molecule has 0 bridgehead atoms. The zero-order chi connectivity index (χ0) is 15.5. The van der Waals surface area contributed by atoms with Crippen molar-refractivity contribution in [2.75, 3.05) is 6.61 Å². The van der Waals surface area contributed by atoms with Crippen LogP contribution in [0.4, 0.5) is 9.18 Å². The summed E-state index contributed by atoms with van der Waals surface area (Å²) in [6, 6.07) is 12.7. The number of rotatable bonds is 3. The first-order valence-electron chi connectivity index (χ1n) is 7.06. The van der Waals surface area contributed by atoms with E-state index in [1.165, 1.54) is 6.07 Å². The summed E-state index contributed by atoms with van der Waals surface area (Å²) in [6.07, 6.45) is 0.238. The molecule has 1 amide bonds. The zero-order valence-corrected chi connectivity index (χ0v) is 12.1. The van der Waals surface area contributed by atoms with Crippen molar-refractivity contribution in [1.82, 2.24) is 5.43 Å². The Balaban J connectivity index is 1.98. The van der Waals surface area contributed by atoms with Gasteiger partial charge < -0.3 is 4.74 Å². The molecule has 0 radical (unpaired) electrons. The van der Waals surface area contributed by atoms with Gasteiger partial charge in [-0.2, -0.15) is 5.10 Å². The molecule has 1 N–H and O–H groups in total. The van der Waals surface area contributed by atoms with Gasteiger partial charge in [0.1, 0.15) is 18.1 Å². The van der Waals surface area contributed by atoms with Crippen molar-refractivity contribution >= 4 is 11.8 Å². The number of cyclic esters (lactones) is 1. The molecular formula is C17H15FN2O2. The van der Waals surface area contributed by atoms with Crippen LogP contribution in [0.5, 0.6) is 0 Å². The maximum Gasteiger partial charge on any atom is 0.428 e. The summed E-state index contributed by atoms with van der Waals surface area (Å²) in [5.41, 5.74) is 5.85. The van der Waals surface area contributed by atoms with E-state index in [1.807, 2.05) is 31.2 Å². The van der Waals surface area contributed by atoms with Crippen LogP contribution in [0.25, 0.3) is 11.1 Å². The van der Waals surface area contributed by atoms with Crippen molar-refractivity contribution in [2.24, 2.45) is 5.10 Å². The molecule has 22 heavy (non-hydrogen) atoms. The maximum absolute atomic E-state index is 14.5. The van der Waals surface area contributed by atoms with Gasteiger partial charge in [0.2, 0.25) is 0 Å². The lowest BCUT2D eigenvalue weighted by Crippen LogP contribution is -2.30. The minimum Gasteiger partial charge on any atom is -0.442 e. The second-order valence-electron chi connectivity index (χ2n) is 4.95. The number of hydrogen-bond acceptors (Lipinski definition) is 3. The molecule has 3 rings (SSSR count). The third kappa shape index (κ3) is 2.70. The summed E-state index contributed by atoms with van der Waals surface area (Å²) < 4.78 is 19.3. The normalized spacial score (nSPS) is 14.1. The average Bonchev–Trinajstić information content (AvgIpc) is 2.55. The van der Waals surface area contributed by atoms with Gasteiger partial charge in [-0.05, 0) is 23.6 Å². The van der Waals surface area contributed by atoms with Crippen molar-refractivity contribution in [3.63, 3.8) is 0 Å². The topological polar surface area (TPSA) is 50.7 Å². The number of ether oxygens (including phenoxy) is 1. The molecule has 2 aromatic carbocycles. The fraction of sp³-hybridized carbons (Fsp3) is 0.176. The van der Waals surface area contributed by atoms with Gasteiger partial charge in [0.05, 0.1) is 0 Å². The smallest absolute Gasteiger partial charge is 0.428 e. The van der Waals surface area contributed by atoms with Gasteiger partial charge in [-0.1, -0.05) is 43.3 Å². The Morgan fingerprint density at radius 1 is 1.23 bits per heavy atom. The lowest BCUT2D eigenvalue weighted by molar-refractivity contribution is 0.157. The first-order valence-corrected chi connectivity index (χ1v) is 7.06. The Hall–Kier alpha value is -2.69. The number of hydrazone groups is 1. The molecule has 0 spiro atoms. The Labute approximate surface area is 127 Å². The first-order chi connectivity index (χ1) is 10.7. The summed E-state index contributed by atoms with van der Waals surface area (Å²) in [7, 11) is 0. The van der Waals surface area contributed by atoms with Crippen molar-refractivity contribution in [3.8, 4) is 11.1 Å². The van der Waals surface area contributed by atoms with Crippen LogP contribution in [0, 0.1) is 5.82 Å². The molecule has 1 heterocycles. The van der Waals surface area contributed by atoms with Crippen molar-refractivity contribution in [2.45, 2.75) is 13.3 Å². The lowest BCUT2D eigenvalue weighted by atomic mass is 9.96. The predicted molar refractivity (Wildman–Crippen MR) is 82.2 cm³/mol. The molecule has 1 aliphatic rings. The molecule has 0 atom stereocenters. The van der Waals surface area contributed by atoms with Crippen LogP contribution in [0.15, 0.2) is 47.6 Å². The van der Waals surface area contributed by atoms with Crippen LogP contribution in [-0.2, 0) is 11.2 Å². The highest BCUT2D eigenvalue weighted by molar-refractivity contribution is 6.04. The standard InChI is InChI=1S/C17H15FN2O2/c1-2-11-5-3-4-6-13(11)14-8-7-12(9-15(14)18)16-10-22-17(21)20-19-16/h3-9H,2,10H2,1H3,(H,20,21). The number of aryl methyl sites for hydroxylation is 1. The summed E-state index contributed by atoms with van der Waals surface area (Å²) >= 11 is 0. The van der Waals surface area contributed by atoms with E-state index in [-0.39, 0.29) is 12.4 Å². The van der Waals surface area contributed by atoms with Gasteiger partial charge in [-0.25, -0.2) is 14.6 Å². The fourth-order valence-corrected chi connectivity index (χ4v) is 2.46. The largest absolute Gasteiger partial charge is 0.442 e. The molecule has 0 aromatic heterocycles. The summed E-state index contributed by atoms with van der Waals surface area (Å²) in [5.74, 6) is -0.321. The average molecular weight is 298 g/mol. The van der Waals surface area contributed by atoms with E-state index in [2.05, 4.69) is 10.5 Å². The van der Waals surface area contributed by atoms with Crippen LogP contribution in [0.1, 0.15) is 18.1 Å². The van der Waals surface area contributed by atoms with Crippen LogP contribution in [0.2, 0.25) is 0 Å². The Morgan fingerprint density at radius 2 is 2.05 bits per heavy atom. The van der Waals surface area contributed by atoms with Gasteiger partial charge >= 0.3 is 6.09 Å². The van der Waals surface area contributed by atoms with Crippen LogP contribution >= 0.6 is 0 Å². The van der Waals surface area contributed by atoms with Crippen LogP contribution in [0.3, 0.4) is 0 Å². The number of hydrogen-bond donors (Lipinski definition) is 1. The predicted octanol–water partition coefficient (Wildman–Crippen LogP) is 3.50. The molecular weight excluding hydrogens is 283 g/mol. The lowest BCUT2D eigenvalue weighted by Gasteiger charge is -2.14. The number of amides is 1. The van der Waals surface area contributed by atoms with Gasteiger partial charge in [-0.3, -0.25) is 0 Å². The molecule has 2 aromatic rings. The SMILES string of the molecule is CCc1ccccc1-c1ccc(C2=NNC(=O)OC2)cc1F. The number of halogens is 1. The van der Waals surface area contributed by atoms with E-state index >= 15 is 0 Å². The number of nitrogens with one attached hydrogen (secondary N) is 1. The van der Waals surface area contributed by atoms with E-state index in [9.17, 15) is 9.18 Å². The van der Waals surface area contributed by atoms with E-state index in [1.54, 1.807) is 12.1 Å². The summed E-state index contributed by atoms with van der Waals surface area (Å²) in [4.78, 5) is 10.9. The van der Waals surface area contributed by atoms with Crippen molar-refractivity contribution in [1.29, 1.82) is 0 Å². The fourth-order valence-electron chi connectivity index (χ4n) is 2.46. The molecule has 0 saturated heterocycles. The maximum atomic E-state index is 14.5. The van der Waals surface area contributed by atoms with Crippen LogP contribution in [-0.4, -0.2) is 18.4 Å². The van der Waals surface area contributed by atoms with E-state index in [0.717, 1.165) is 17.5 Å². The number of nitrogens with zero attached hydrogens (tertiary/aromatic N) is 1. The minimum absolute atomic E-state index is 0.0379. The number of carbonyl (C=O) groups excluding carboxylic acids is 1. The van der Waals surface area contributed by atoms with Gasteiger partial charge in [-0.15, -0.1) is 0 Å². The Kier molecular flexibility index (Phi) is 3.87. The molecule has 5 heteroatoms. The van der Waals surface area contributed by atoms with Gasteiger partial charge in [0, 0.05) is 11.1 Å². The van der Waals surface area contributed by atoms with Gasteiger partial charge in [0.15, 0.2) is 0 Å². The zero-order valence-electron chi connectivity index (χ0n) is 12.1. The highest BCUT2D eigenvalue weighted by atomic mass is 19.1. The molecule has 0 aliphatic carbocycles. The van der Waals surface area contributed by atoms with E-state index < -0.39 is 6.09 Å². The summed E-state index contributed by atoms with van der Waals surface area (Å²) in [5, 5.41) is 3.88.